The standard InChI is InChI=1S/C14H21NO2S/c1-10(2)13(7-8-16)15-14(17)9-11-3-5-12(18)6-4-11/h3-6,10,13,16,18H,7-9H2,1-2H3,(H,15,17). The van der Waals surface area contributed by atoms with Crippen LogP contribution in [0.3, 0.4) is 0 Å². The summed E-state index contributed by atoms with van der Waals surface area (Å²) in [7, 11) is 0. The zero-order chi connectivity index (χ0) is 13.5. The molecule has 1 unspecified atom stereocenters. The third-order valence-corrected chi connectivity index (χ3v) is 3.19. The molecule has 0 radical (unpaired) electrons. The zero-order valence-electron chi connectivity index (χ0n) is 10.9. The van der Waals surface area contributed by atoms with Crippen molar-refractivity contribution >= 4 is 18.5 Å². The van der Waals surface area contributed by atoms with E-state index in [1.54, 1.807) is 0 Å². The molecule has 0 aliphatic rings. The van der Waals surface area contributed by atoms with Gasteiger partial charge in [-0.25, -0.2) is 0 Å². The van der Waals surface area contributed by atoms with Crippen molar-refractivity contribution in [1.29, 1.82) is 0 Å². The number of hydrogen-bond donors (Lipinski definition) is 3. The first kappa shape index (κ1) is 15.1. The number of hydrogen-bond acceptors (Lipinski definition) is 3. The Kier molecular flexibility index (Phi) is 6.22. The number of rotatable bonds is 6. The highest BCUT2D eigenvalue weighted by atomic mass is 32.1. The lowest BCUT2D eigenvalue weighted by atomic mass is 10.0. The molecule has 4 heteroatoms. The van der Waals surface area contributed by atoms with Crippen LogP contribution in [0, 0.1) is 5.92 Å². The van der Waals surface area contributed by atoms with Crippen molar-refractivity contribution in [2.75, 3.05) is 6.61 Å². The van der Waals surface area contributed by atoms with E-state index in [2.05, 4.69) is 17.9 Å². The second-order valence-corrected chi connectivity index (χ2v) is 5.29. The lowest BCUT2D eigenvalue weighted by Gasteiger charge is -2.21. The van der Waals surface area contributed by atoms with Crippen molar-refractivity contribution in [3.63, 3.8) is 0 Å². The number of carbonyl (C=O) groups excluding carboxylic acids is 1. The number of aliphatic hydroxyl groups is 1. The Morgan fingerprint density at radius 2 is 1.94 bits per heavy atom. The SMILES string of the molecule is CC(C)C(CCO)NC(=O)Cc1ccc(S)cc1. The van der Waals surface area contributed by atoms with Gasteiger partial charge in [0, 0.05) is 17.5 Å². The maximum absolute atomic E-state index is 11.9. The van der Waals surface area contributed by atoms with Gasteiger partial charge in [0.25, 0.3) is 0 Å². The predicted molar refractivity (Wildman–Crippen MR) is 75.9 cm³/mol. The fourth-order valence-electron chi connectivity index (χ4n) is 1.77. The van der Waals surface area contributed by atoms with E-state index in [-0.39, 0.29) is 18.6 Å². The lowest BCUT2D eigenvalue weighted by Crippen LogP contribution is -2.39. The summed E-state index contributed by atoms with van der Waals surface area (Å²) in [5, 5.41) is 11.9. The lowest BCUT2D eigenvalue weighted by molar-refractivity contribution is -0.121. The Hall–Kier alpha value is -1.00. The van der Waals surface area contributed by atoms with E-state index >= 15 is 0 Å². The van der Waals surface area contributed by atoms with Gasteiger partial charge in [0.2, 0.25) is 5.91 Å². The van der Waals surface area contributed by atoms with E-state index in [1.807, 2.05) is 38.1 Å². The molecule has 1 rings (SSSR count). The molecule has 0 bridgehead atoms. The van der Waals surface area contributed by atoms with Crippen LogP contribution in [0.4, 0.5) is 0 Å². The van der Waals surface area contributed by atoms with Gasteiger partial charge in [-0.2, -0.15) is 0 Å². The second kappa shape index (κ2) is 7.44. The molecule has 1 aromatic carbocycles. The number of amides is 1. The minimum Gasteiger partial charge on any atom is -0.396 e. The topological polar surface area (TPSA) is 49.3 Å². The molecule has 0 saturated carbocycles. The summed E-state index contributed by atoms with van der Waals surface area (Å²) in [5.74, 6) is 0.315. The zero-order valence-corrected chi connectivity index (χ0v) is 11.8. The molecule has 1 atom stereocenters. The molecule has 1 amide bonds. The maximum Gasteiger partial charge on any atom is 0.224 e. The van der Waals surface area contributed by atoms with Crippen molar-refractivity contribution in [2.24, 2.45) is 5.92 Å². The first-order valence-corrected chi connectivity index (χ1v) is 6.65. The smallest absolute Gasteiger partial charge is 0.224 e. The molecule has 0 aliphatic carbocycles. The van der Waals surface area contributed by atoms with Crippen LogP contribution in [0.1, 0.15) is 25.8 Å². The average Bonchev–Trinajstić information content (AvgIpc) is 2.31. The number of nitrogens with one attached hydrogen (secondary N) is 1. The third kappa shape index (κ3) is 5.10. The van der Waals surface area contributed by atoms with E-state index in [9.17, 15) is 4.79 Å². The summed E-state index contributed by atoms with van der Waals surface area (Å²) >= 11 is 4.20. The van der Waals surface area contributed by atoms with Crippen LogP contribution in [0.15, 0.2) is 29.2 Å². The van der Waals surface area contributed by atoms with Gasteiger partial charge in [-0.3, -0.25) is 4.79 Å². The minimum absolute atomic E-state index is 0.00550. The van der Waals surface area contributed by atoms with Crippen LogP contribution < -0.4 is 5.32 Å². The molecular formula is C14H21NO2S. The Bertz CT molecular complexity index is 376. The van der Waals surface area contributed by atoms with Crippen molar-refractivity contribution in [3.8, 4) is 0 Å². The highest BCUT2D eigenvalue weighted by molar-refractivity contribution is 7.80. The largest absolute Gasteiger partial charge is 0.396 e. The van der Waals surface area contributed by atoms with Gasteiger partial charge >= 0.3 is 0 Å². The molecule has 3 nitrogen and oxygen atoms in total. The summed E-state index contributed by atoms with van der Waals surface area (Å²) < 4.78 is 0. The second-order valence-electron chi connectivity index (χ2n) is 4.77. The van der Waals surface area contributed by atoms with Crippen LogP contribution >= 0.6 is 12.6 Å². The quantitative estimate of drug-likeness (QED) is 0.691. The van der Waals surface area contributed by atoms with Crippen LogP contribution in [0.25, 0.3) is 0 Å². The van der Waals surface area contributed by atoms with Crippen LogP contribution in [0.2, 0.25) is 0 Å². The molecule has 1 aromatic rings. The van der Waals surface area contributed by atoms with Crippen molar-refractivity contribution < 1.29 is 9.90 Å². The average molecular weight is 267 g/mol. The van der Waals surface area contributed by atoms with Crippen LogP contribution in [0.5, 0.6) is 0 Å². The molecule has 0 aromatic heterocycles. The molecule has 2 N–H and O–H groups in total. The Labute approximate surface area is 114 Å². The third-order valence-electron chi connectivity index (χ3n) is 2.89. The number of benzene rings is 1. The summed E-state index contributed by atoms with van der Waals surface area (Å²) in [6.45, 7) is 4.17. The Balaban J connectivity index is 2.52. The van der Waals surface area contributed by atoms with Gasteiger partial charge in [0.15, 0.2) is 0 Å². The van der Waals surface area contributed by atoms with Crippen LogP contribution in [-0.2, 0) is 11.2 Å². The van der Waals surface area contributed by atoms with Crippen molar-refractivity contribution in [3.05, 3.63) is 29.8 Å². The van der Waals surface area contributed by atoms with E-state index in [0.29, 0.717) is 18.8 Å². The van der Waals surface area contributed by atoms with Gasteiger partial charge in [0.05, 0.1) is 6.42 Å². The van der Waals surface area contributed by atoms with Gasteiger partial charge in [0.1, 0.15) is 0 Å². The predicted octanol–water partition coefficient (Wildman–Crippen LogP) is 2.04. The van der Waals surface area contributed by atoms with Crippen LogP contribution in [-0.4, -0.2) is 23.7 Å². The van der Waals surface area contributed by atoms with Gasteiger partial charge in [-0.05, 0) is 30.0 Å². The summed E-state index contributed by atoms with van der Waals surface area (Å²) in [6, 6.07) is 7.58. The van der Waals surface area contributed by atoms with E-state index in [0.717, 1.165) is 10.5 Å². The Morgan fingerprint density at radius 3 is 2.44 bits per heavy atom. The monoisotopic (exact) mass is 267 g/mol. The molecule has 0 spiro atoms. The minimum atomic E-state index is -0.00550. The number of aliphatic hydroxyl groups excluding tert-OH is 1. The number of carbonyl (C=O) groups is 1. The molecule has 0 aliphatic heterocycles. The van der Waals surface area contributed by atoms with Gasteiger partial charge in [-0.15, -0.1) is 12.6 Å². The summed E-state index contributed by atoms with van der Waals surface area (Å²) in [4.78, 5) is 12.8. The van der Waals surface area contributed by atoms with Crippen molar-refractivity contribution in [1.82, 2.24) is 5.32 Å². The summed E-state index contributed by atoms with van der Waals surface area (Å²) in [6.07, 6.45) is 0.960. The van der Waals surface area contributed by atoms with E-state index in [4.69, 9.17) is 5.11 Å². The molecule has 100 valence electrons. The maximum atomic E-state index is 11.9. The van der Waals surface area contributed by atoms with Gasteiger partial charge < -0.3 is 10.4 Å². The first-order chi connectivity index (χ1) is 8.52. The molecule has 0 saturated heterocycles. The number of thiol groups is 1. The highest BCUT2D eigenvalue weighted by Crippen LogP contribution is 2.09. The van der Waals surface area contributed by atoms with E-state index < -0.39 is 0 Å². The molecule has 18 heavy (non-hydrogen) atoms. The Morgan fingerprint density at radius 1 is 1.33 bits per heavy atom. The van der Waals surface area contributed by atoms with Crippen molar-refractivity contribution in [2.45, 2.75) is 37.6 Å². The fraction of sp³-hybridized carbons (Fsp3) is 0.500. The molecular weight excluding hydrogens is 246 g/mol. The highest BCUT2D eigenvalue weighted by Gasteiger charge is 2.15. The normalized spacial score (nSPS) is 12.5. The van der Waals surface area contributed by atoms with Gasteiger partial charge in [-0.1, -0.05) is 26.0 Å². The first-order valence-electron chi connectivity index (χ1n) is 6.21. The molecule has 0 fully saturated rings. The van der Waals surface area contributed by atoms with E-state index in [1.165, 1.54) is 0 Å². The fourth-order valence-corrected chi connectivity index (χ4v) is 1.92. The molecule has 0 heterocycles. The summed E-state index contributed by atoms with van der Waals surface area (Å²) in [5.41, 5.74) is 0.969.